The molecule has 2 atom stereocenters. The average molecular weight is 393 g/mol. The molecule has 1 saturated heterocycles. The molecule has 0 saturated carbocycles. The maximum Gasteiger partial charge on any atom is 0.331 e. The molecule has 0 unspecified atom stereocenters. The van der Waals surface area contributed by atoms with Crippen LogP contribution in [0.15, 0.2) is 18.2 Å². The van der Waals surface area contributed by atoms with Crippen LogP contribution in [0.3, 0.4) is 0 Å². The van der Waals surface area contributed by atoms with Gasteiger partial charge in [0.1, 0.15) is 0 Å². The Kier molecular flexibility index (Phi) is 7.69. The number of benzene rings is 1. The van der Waals surface area contributed by atoms with Crippen LogP contribution in [0.5, 0.6) is 17.2 Å². The molecule has 1 amide bonds. The Morgan fingerprint density at radius 1 is 1.07 bits per heavy atom. The Bertz CT molecular complexity index is 696. The molecule has 8 nitrogen and oxygen atoms in total. The monoisotopic (exact) mass is 393 g/mol. The van der Waals surface area contributed by atoms with Crippen molar-refractivity contribution >= 4 is 18.0 Å². The second-order valence-electron chi connectivity index (χ2n) is 6.46. The van der Waals surface area contributed by atoms with Crippen molar-refractivity contribution in [2.24, 2.45) is 0 Å². The summed E-state index contributed by atoms with van der Waals surface area (Å²) in [5.41, 5.74) is 0.661. The predicted octanol–water partition coefficient (Wildman–Crippen LogP) is 1.90. The number of hydrogen-bond acceptors (Lipinski definition) is 7. The zero-order chi connectivity index (χ0) is 20.7. The molecule has 28 heavy (non-hydrogen) atoms. The van der Waals surface area contributed by atoms with E-state index in [-0.39, 0.29) is 24.7 Å². The number of morpholine rings is 1. The van der Waals surface area contributed by atoms with Crippen molar-refractivity contribution in [2.75, 3.05) is 41.0 Å². The number of nitrogens with zero attached hydrogens (tertiary/aromatic N) is 1. The minimum Gasteiger partial charge on any atom is -0.493 e. The molecule has 1 heterocycles. The normalized spacial score (nSPS) is 19.4. The first-order chi connectivity index (χ1) is 13.4. The summed E-state index contributed by atoms with van der Waals surface area (Å²) in [5.74, 6) is 0.554. The average Bonchev–Trinajstić information content (AvgIpc) is 2.68. The Labute approximate surface area is 164 Å². The summed E-state index contributed by atoms with van der Waals surface area (Å²) >= 11 is 0. The molecule has 0 aromatic heterocycles. The fourth-order valence-electron chi connectivity index (χ4n) is 3.02. The number of methoxy groups -OCH3 is 3. The maximum absolute atomic E-state index is 12.2. The zero-order valence-electron chi connectivity index (χ0n) is 16.9. The van der Waals surface area contributed by atoms with Gasteiger partial charge in [0, 0.05) is 19.2 Å². The molecular formula is C20H27NO7. The van der Waals surface area contributed by atoms with E-state index in [1.165, 1.54) is 27.4 Å². The molecule has 8 heteroatoms. The van der Waals surface area contributed by atoms with Crippen LogP contribution in [-0.2, 0) is 19.1 Å². The fourth-order valence-corrected chi connectivity index (χ4v) is 3.02. The highest BCUT2D eigenvalue weighted by atomic mass is 16.5. The summed E-state index contributed by atoms with van der Waals surface area (Å²) in [6, 6.07) is 3.40. The van der Waals surface area contributed by atoms with Crippen LogP contribution in [-0.4, -0.2) is 70.0 Å². The van der Waals surface area contributed by atoms with Crippen LogP contribution in [0, 0.1) is 0 Å². The minimum atomic E-state index is -0.614. The summed E-state index contributed by atoms with van der Waals surface area (Å²) in [6.45, 7) is 4.48. The molecule has 0 N–H and O–H groups in total. The zero-order valence-corrected chi connectivity index (χ0v) is 16.9. The van der Waals surface area contributed by atoms with Gasteiger partial charge in [-0.1, -0.05) is 0 Å². The van der Waals surface area contributed by atoms with Crippen molar-refractivity contribution in [2.45, 2.75) is 26.1 Å². The number of hydrogen-bond donors (Lipinski definition) is 0. The van der Waals surface area contributed by atoms with Crippen LogP contribution >= 0.6 is 0 Å². The largest absolute Gasteiger partial charge is 0.493 e. The lowest BCUT2D eigenvalue weighted by atomic mass is 10.1. The van der Waals surface area contributed by atoms with E-state index in [2.05, 4.69) is 0 Å². The molecule has 2 rings (SSSR count). The Morgan fingerprint density at radius 2 is 1.64 bits per heavy atom. The van der Waals surface area contributed by atoms with Gasteiger partial charge in [0.2, 0.25) is 5.75 Å². The standard InChI is InChI=1S/C20H27NO7/c1-13-10-21(11-14(2)28-13)18(22)12-27-19(23)7-6-15-8-16(24-3)20(26-5)17(9-15)25-4/h6-9,13-14H,10-12H2,1-5H3/b7-6+/t13-,14-/m1/s1. The summed E-state index contributed by atoms with van der Waals surface area (Å²) in [6.07, 6.45) is 2.72. The van der Waals surface area contributed by atoms with Crippen LogP contribution in [0.25, 0.3) is 6.08 Å². The first-order valence-corrected chi connectivity index (χ1v) is 8.96. The lowest BCUT2D eigenvalue weighted by Crippen LogP contribution is -2.49. The van der Waals surface area contributed by atoms with E-state index in [1.54, 1.807) is 23.1 Å². The van der Waals surface area contributed by atoms with Gasteiger partial charge in [0.05, 0.1) is 33.5 Å². The van der Waals surface area contributed by atoms with Crippen molar-refractivity contribution < 1.29 is 33.3 Å². The van der Waals surface area contributed by atoms with E-state index in [9.17, 15) is 9.59 Å². The molecule has 0 radical (unpaired) electrons. The third kappa shape index (κ3) is 5.63. The van der Waals surface area contributed by atoms with Gasteiger partial charge in [0.25, 0.3) is 5.91 Å². The highest BCUT2D eigenvalue weighted by Crippen LogP contribution is 2.38. The third-order valence-electron chi connectivity index (χ3n) is 4.21. The van der Waals surface area contributed by atoms with Gasteiger partial charge >= 0.3 is 5.97 Å². The number of amides is 1. The molecular weight excluding hydrogens is 366 g/mol. The number of ether oxygens (including phenoxy) is 5. The smallest absolute Gasteiger partial charge is 0.331 e. The van der Waals surface area contributed by atoms with Crippen molar-refractivity contribution in [1.82, 2.24) is 4.90 Å². The molecule has 154 valence electrons. The Hall–Kier alpha value is -2.74. The summed E-state index contributed by atoms with van der Waals surface area (Å²) < 4.78 is 26.5. The van der Waals surface area contributed by atoms with Crippen molar-refractivity contribution in [1.29, 1.82) is 0 Å². The molecule has 1 aliphatic rings. The van der Waals surface area contributed by atoms with Crippen LogP contribution in [0.2, 0.25) is 0 Å². The van der Waals surface area contributed by atoms with E-state index in [1.807, 2.05) is 13.8 Å². The van der Waals surface area contributed by atoms with Crippen LogP contribution in [0.4, 0.5) is 0 Å². The van der Waals surface area contributed by atoms with E-state index >= 15 is 0 Å². The van der Waals surface area contributed by atoms with Crippen molar-refractivity contribution in [3.63, 3.8) is 0 Å². The number of carbonyl (C=O) groups excluding carboxylic acids is 2. The lowest BCUT2D eigenvalue weighted by Gasteiger charge is -2.35. The maximum atomic E-state index is 12.2. The fraction of sp³-hybridized carbons (Fsp3) is 0.500. The predicted molar refractivity (Wildman–Crippen MR) is 103 cm³/mol. The highest BCUT2D eigenvalue weighted by Gasteiger charge is 2.26. The molecule has 1 aromatic carbocycles. The Morgan fingerprint density at radius 3 is 2.14 bits per heavy atom. The quantitative estimate of drug-likeness (QED) is 0.517. The molecule has 1 aliphatic heterocycles. The summed E-state index contributed by atoms with van der Waals surface area (Å²) in [7, 11) is 4.54. The highest BCUT2D eigenvalue weighted by molar-refractivity contribution is 5.89. The van der Waals surface area contributed by atoms with Gasteiger partial charge in [0.15, 0.2) is 18.1 Å². The van der Waals surface area contributed by atoms with E-state index < -0.39 is 5.97 Å². The topological polar surface area (TPSA) is 83.5 Å². The number of carbonyl (C=O) groups is 2. The van der Waals surface area contributed by atoms with E-state index in [0.717, 1.165) is 0 Å². The second kappa shape index (κ2) is 9.98. The van der Waals surface area contributed by atoms with Gasteiger partial charge < -0.3 is 28.6 Å². The van der Waals surface area contributed by atoms with Gasteiger partial charge in [-0.3, -0.25) is 4.79 Å². The van der Waals surface area contributed by atoms with Crippen LogP contribution in [0.1, 0.15) is 19.4 Å². The van der Waals surface area contributed by atoms with E-state index in [4.69, 9.17) is 23.7 Å². The first-order valence-electron chi connectivity index (χ1n) is 8.96. The molecule has 0 bridgehead atoms. The van der Waals surface area contributed by atoms with Gasteiger partial charge in [-0.25, -0.2) is 4.79 Å². The minimum absolute atomic E-state index is 0.0386. The molecule has 1 fully saturated rings. The Balaban J connectivity index is 1.95. The van der Waals surface area contributed by atoms with Gasteiger partial charge in [-0.2, -0.15) is 0 Å². The first kappa shape index (κ1) is 21.6. The van der Waals surface area contributed by atoms with Crippen LogP contribution < -0.4 is 14.2 Å². The van der Waals surface area contributed by atoms with Gasteiger partial charge in [-0.15, -0.1) is 0 Å². The lowest BCUT2D eigenvalue weighted by molar-refractivity contribution is -0.154. The second-order valence-corrected chi connectivity index (χ2v) is 6.46. The van der Waals surface area contributed by atoms with Crippen molar-refractivity contribution in [3.05, 3.63) is 23.8 Å². The third-order valence-corrected chi connectivity index (χ3v) is 4.21. The van der Waals surface area contributed by atoms with Crippen molar-refractivity contribution in [3.8, 4) is 17.2 Å². The summed E-state index contributed by atoms with van der Waals surface area (Å²) in [5, 5.41) is 0. The number of rotatable bonds is 7. The number of esters is 1. The molecule has 0 spiro atoms. The van der Waals surface area contributed by atoms with Gasteiger partial charge in [-0.05, 0) is 37.6 Å². The molecule has 1 aromatic rings. The SMILES string of the molecule is COc1cc(/C=C/C(=O)OCC(=O)N2C[C@@H](C)O[C@H](C)C2)cc(OC)c1OC. The molecule has 0 aliphatic carbocycles. The summed E-state index contributed by atoms with van der Waals surface area (Å²) in [4.78, 5) is 25.8. The van der Waals surface area contributed by atoms with E-state index in [0.29, 0.717) is 35.9 Å².